The van der Waals surface area contributed by atoms with E-state index in [0.29, 0.717) is 0 Å². The van der Waals surface area contributed by atoms with Crippen LogP contribution in [0, 0.1) is 10.1 Å². The Morgan fingerprint density at radius 1 is 1.39 bits per heavy atom. The Labute approximate surface area is 111 Å². The third kappa shape index (κ3) is 4.34. The molecule has 1 aliphatic heterocycles. The molecule has 0 aromatic carbocycles. The number of nitrogens with zero attached hydrogens (tertiary/aromatic N) is 2. The SMILES string of the molecule is CS/C(=C\C(=C/N1CCCC1)[N+](=O)[O-])S(C)(=O)=O. The molecule has 102 valence electrons. The fraction of sp³-hybridized carbons (Fsp3) is 0.600. The van der Waals surface area contributed by atoms with Crippen molar-refractivity contribution in [1.29, 1.82) is 0 Å². The van der Waals surface area contributed by atoms with Crippen LogP contribution in [0.2, 0.25) is 0 Å². The lowest BCUT2D eigenvalue weighted by atomic mass is 10.4. The van der Waals surface area contributed by atoms with Crippen molar-refractivity contribution in [3.63, 3.8) is 0 Å². The standard InChI is InChI=1S/C10H16N2O4S2/c1-17-10(18(2,15)16)7-9(12(13)14)8-11-5-3-4-6-11/h7-8H,3-6H2,1-2H3/b9-8+,10-7+. The molecule has 8 heteroatoms. The van der Waals surface area contributed by atoms with Crippen LogP contribution in [0.4, 0.5) is 0 Å². The minimum absolute atomic E-state index is 0.00430. The summed E-state index contributed by atoms with van der Waals surface area (Å²) in [7, 11) is -3.42. The number of likely N-dealkylation sites (tertiary alicyclic amines) is 1. The van der Waals surface area contributed by atoms with Gasteiger partial charge in [-0.25, -0.2) is 8.42 Å². The van der Waals surface area contributed by atoms with Gasteiger partial charge < -0.3 is 4.90 Å². The molecule has 0 aromatic rings. The molecule has 1 saturated heterocycles. The maximum atomic E-state index is 11.4. The summed E-state index contributed by atoms with van der Waals surface area (Å²) in [6, 6.07) is 0. The second kappa shape index (κ2) is 6.24. The van der Waals surface area contributed by atoms with Crippen LogP contribution in [0.1, 0.15) is 12.8 Å². The highest BCUT2D eigenvalue weighted by Gasteiger charge is 2.18. The van der Waals surface area contributed by atoms with E-state index in [2.05, 4.69) is 0 Å². The average molecular weight is 292 g/mol. The fourth-order valence-electron chi connectivity index (χ4n) is 1.63. The number of thioether (sulfide) groups is 1. The second-order valence-electron chi connectivity index (χ2n) is 3.99. The van der Waals surface area contributed by atoms with Crippen molar-refractivity contribution in [1.82, 2.24) is 4.90 Å². The zero-order valence-corrected chi connectivity index (χ0v) is 12.0. The number of rotatable bonds is 5. The molecule has 1 rings (SSSR count). The van der Waals surface area contributed by atoms with Crippen molar-refractivity contribution >= 4 is 21.6 Å². The van der Waals surface area contributed by atoms with E-state index >= 15 is 0 Å². The lowest BCUT2D eigenvalue weighted by Gasteiger charge is -2.09. The second-order valence-corrected chi connectivity index (χ2v) is 7.08. The highest BCUT2D eigenvalue weighted by atomic mass is 32.3. The molecule has 1 fully saturated rings. The summed E-state index contributed by atoms with van der Waals surface area (Å²) in [6.45, 7) is 1.55. The number of sulfone groups is 1. The number of nitro groups is 1. The van der Waals surface area contributed by atoms with E-state index in [4.69, 9.17) is 0 Å². The first-order chi connectivity index (χ1) is 8.34. The molecule has 0 spiro atoms. The zero-order chi connectivity index (χ0) is 13.8. The molecule has 0 saturated carbocycles. The van der Waals surface area contributed by atoms with E-state index in [0.717, 1.165) is 50.0 Å². The van der Waals surface area contributed by atoms with E-state index in [9.17, 15) is 18.5 Å². The smallest absolute Gasteiger partial charge is 0.286 e. The van der Waals surface area contributed by atoms with Crippen LogP contribution in [0.15, 0.2) is 22.2 Å². The molecular weight excluding hydrogens is 276 g/mol. The Bertz CT molecular complexity index is 476. The van der Waals surface area contributed by atoms with Gasteiger partial charge in [0.1, 0.15) is 4.24 Å². The van der Waals surface area contributed by atoms with Gasteiger partial charge in [-0.05, 0) is 19.1 Å². The van der Waals surface area contributed by atoms with Crippen molar-refractivity contribution < 1.29 is 13.3 Å². The summed E-state index contributed by atoms with van der Waals surface area (Å²) in [5.74, 6) is 0. The normalized spacial score (nSPS) is 18.2. The Kier molecular flexibility index (Phi) is 5.21. The van der Waals surface area contributed by atoms with Gasteiger partial charge in [-0.3, -0.25) is 10.1 Å². The van der Waals surface area contributed by atoms with Gasteiger partial charge in [-0.15, -0.1) is 11.8 Å². The van der Waals surface area contributed by atoms with Gasteiger partial charge in [-0.1, -0.05) is 0 Å². The van der Waals surface area contributed by atoms with Crippen molar-refractivity contribution in [2.24, 2.45) is 0 Å². The van der Waals surface area contributed by atoms with Gasteiger partial charge in [0.2, 0.25) is 0 Å². The lowest BCUT2D eigenvalue weighted by molar-refractivity contribution is -0.420. The quantitative estimate of drug-likeness (QED) is 0.433. The molecule has 1 aliphatic rings. The molecule has 0 bridgehead atoms. The van der Waals surface area contributed by atoms with Crippen LogP contribution in [-0.2, 0) is 9.84 Å². The van der Waals surface area contributed by atoms with Gasteiger partial charge in [0.05, 0.1) is 11.1 Å². The first-order valence-electron chi connectivity index (χ1n) is 5.40. The number of allylic oxidation sites excluding steroid dienone is 1. The Balaban J connectivity index is 3.05. The van der Waals surface area contributed by atoms with Crippen LogP contribution in [-0.4, -0.2) is 43.8 Å². The van der Waals surface area contributed by atoms with Crippen molar-refractivity contribution in [3.8, 4) is 0 Å². The summed E-state index contributed by atoms with van der Waals surface area (Å²) in [6.07, 6.45) is 7.19. The topological polar surface area (TPSA) is 80.5 Å². The predicted molar refractivity (Wildman–Crippen MR) is 72.3 cm³/mol. The largest absolute Gasteiger partial charge is 0.372 e. The summed E-state index contributed by atoms with van der Waals surface area (Å²) < 4.78 is 22.8. The highest BCUT2D eigenvalue weighted by Crippen LogP contribution is 2.21. The highest BCUT2D eigenvalue weighted by molar-refractivity contribution is 8.18. The van der Waals surface area contributed by atoms with Gasteiger partial charge in [-0.2, -0.15) is 0 Å². The molecule has 18 heavy (non-hydrogen) atoms. The first kappa shape index (κ1) is 15.0. The van der Waals surface area contributed by atoms with E-state index in [1.807, 2.05) is 4.90 Å². The van der Waals surface area contributed by atoms with Crippen LogP contribution >= 0.6 is 11.8 Å². The molecule has 1 heterocycles. The summed E-state index contributed by atoms with van der Waals surface area (Å²) in [5, 5.41) is 10.9. The minimum Gasteiger partial charge on any atom is -0.372 e. The number of hydrogen-bond donors (Lipinski definition) is 0. The Morgan fingerprint density at radius 3 is 2.33 bits per heavy atom. The molecule has 6 nitrogen and oxygen atoms in total. The molecule has 0 N–H and O–H groups in total. The van der Waals surface area contributed by atoms with Gasteiger partial charge in [0.15, 0.2) is 9.84 Å². The minimum atomic E-state index is -3.42. The van der Waals surface area contributed by atoms with Crippen LogP contribution in [0.25, 0.3) is 0 Å². The first-order valence-corrected chi connectivity index (χ1v) is 8.52. The van der Waals surface area contributed by atoms with E-state index in [1.54, 1.807) is 6.26 Å². The molecular formula is C10H16N2O4S2. The monoisotopic (exact) mass is 292 g/mol. The van der Waals surface area contributed by atoms with Gasteiger partial charge >= 0.3 is 0 Å². The third-order valence-electron chi connectivity index (χ3n) is 2.50. The summed E-state index contributed by atoms with van der Waals surface area (Å²) in [5.41, 5.74) is -0.188. The van der Waals surface area contributed by atoms with Gasteiger partial charge in [0.25, 0.3) is 5.70 Å². The van der Waals surface area contributed by atoms with E-state index in [-0.39, 0.29) is 9.93 Å². The molecule has 0 aliphatic carbocycles. The maximum Gasteiger partial charge on any atom is 0.286 e. The molecule has 0 aromatic heterocycles. The van der Waals surface area contributed by atoms with E-state index < -0.39 is 14.8 Å². The molecule has 0 amide bonds. The van der Waals surface area contributed by atoms with E-state index in [1.165, 1.54) is 6.20 Å². The van der Waals surface area contributed by atoms with Crippen LogP contribution < -0.4 is 0 Å². The Morgan fingerprint density at radius 2 is 1.94 bits per heavy atom. The van der Waals surface area contributed by atoms with Crippen molar-refractivity contribution in [3.05, 3.63) is 32.3 Å². The molecule has 0 radical (unpaired) electrons. The van der Waals surface area contributed by atoms with Crippen molar-refractivity contribution in [2.75, 3.05) is 25.6 Å². The zero-order valence-electron chi connectivity index (χ0n) is 10.3. The van der Waals surface area contributed by atoms with Crippen LogP contribution in [0.5, 0.6) is 0 Å². The average Bonchev–Trinajstić information content (AvgIpc) is 2.74. The van der Waals surface area contributed by atoms with Crippen LogP contribution in [0.3, 0.4) is 0 Å². The molecule has 0 atom stereocenters. The summed E-state index contributed by atoms with van der Waals surface area (Å²) in [4.78, 5) is 12.2. The van der Waals surface area contributed by atoms with Gasteiger partial charge in [0, 0.05) is 25.4 Å². The number of hydrogen-bond acceptors (Lipinski definition) is 6. The third-order valence-corrected chi connectivity index (χ3v) is 5.28. The predicted octanol–water partition coefficient (Wildman–Crippen LogP) is 1.45. The Hall–Kier alpha value is -1.02. The summed E-state index contributed by atoms with van der Waals surface area (Å²) >= 11 is 0.990. The fourth-order valence-corrected chi connectivity index (χ4v) is 3.42. The maximum absolute atomic E-state index is 11.4. The van der Waals surface area contributed by atoms with Crippen molar-refractivity contribution in [2.45, 2.75) is 12.8 Å². The lowest BCUT2D eigenvalue weighted by Crippen LogP contribution is -2.14. The molecule has 0 unspecified atom stereocenters.